The van der Waals surface area contributed by atoms with E-state index in [1.54, 1.807) is 18.2 Å². The van der Waals surface area contributed by atoms with Crippen molar-refractivity contribution in [1.29, 1.82) is 0 Å². The maximum atomic E-state index is 13.9. The van der Waals surface area contributed by atoms with Crippen molar-refractivity contribution in [2.24, 2.45) is 0 Å². The van der Waals surface area contributed by atoms with Crippen LogP contribution < -0.4 is 10.5 Å². The van der Waals surface area contributed by atoms with E-state index in [1.165, 1.54) is 6.07 Å². The summed E-state index contributed by atoms with van der Waals surface area (Å²) in [6.45, 7) is 4.91. The summed E-state index contributed by atoms with van der Waals surface area (Å²) in [5, 5.41) is 1.33. The van der Waals surface area contributed by atoms with Gasteiger partial charge in [-0.1, -0.05) is 26.8 Å². The van der Waals surface area contributed by atoms with E-state index in [9.17, 15) is 8.78 Å². The van der Waals surface area contributed by atoms with Crippen LogP contribution >= 0.6 is 0 Å². The maximum absolute atomic E-state index is 13.9. The summed E-state index contributed by atoms with van der Waals surface area (Å²) in [4.78, 5) is 0. The third-order valence-electron chi connectivity index (χ3n) is 3.05. The normalized spacial score (nSPS) is 11.8. The minimum atomic E-state index is -1.07. The number of anilines is 1. The first-order valence-electron chi connectivity index (χ1n) is 6.05. The average Bonchev–Trinajstić information content (AvgIpc) is 2.31. The molecule has 2 rings (SSSR count). The van der Waals surface area contributed by atoms with Gasteiger partial charge >= 0.3 is 0 Å². The van der Waals surface area contributed by atoms with Crippen LogP contribution in [0.2, 0.25) is 0 Å². The Hall–Kier alpha value is -1.84. The molecule has 0 aliphatic rings. The van der Waals surface area contributed by atoms with Crippen molar-refractivity contribution in [3.63, 3.8) is 0 Å². The maximum Gasteiger partial charge on any atom is 0.228 e. The first-order chi connectivity index (χ1) is 8.84. The zero-order valence-electron chi connectivity index (χ0n) is 11.3. The van der Waals surface area contributed by atoms with E-state index < -0.39 is 12.7 Å². The Morgan fingerprint density at radius 3 is 2.47 bits per heavy atom. The Labute approximate surface area is 111 Å². The van der Waals surface area contributed by atoms with Crippen molar-refractivity contribution in [3.8, 4) is 5.75 Å². The van der Waals surface area contributed by atoms with Gasteiger partial charge in [0.25, 0.3) is 0 Å². The van der Waals surface area contributed by atoms with Crippen molar-refractivity contribution in [2.45, 2.75) is 26.2 Å². The molecule has 0 radical (unpaired) electrons. The molecule has 2 N–H and O–H groups in total. The summed E-state index contributed by atoms with van der Waals surface area (Å²) in [6, 6.07) is 6.41. The molecule has 0 spiro atoms. The summed E-state index contributed by atoms with van der Waals surface area (Å²) < 4.78 is 31.2. The van der Waals surface area contributed by atoms with Crippen LogP contribution in [-0.2, 0) is 5.41 Å². The molecule has 0 saturated heterocycles. The minimum Gasteiger partial charge on any atom is -0.459 e. The smallest absolute Gasteiger partial charge is 0.228 e. The lowest BCUT2D eigenvalue weighted by Crippen LogP contribution is -2.13. The quantitative estimate of drug-likeness (QED) is 0.827. The highest BCUT2D eigenvalue weighted by Crippen LogP contribution is 2.39. The number of hydrogen-bond donors (Lipinski definition) is 1. The van der Waals surface area contributed by atoms with Gasteiger partial charge in [0.1, 0.15) is 0 Å². The van der Waals surface area contributed by atoms with Crippen LogP contribution in [0.3, 0.4) is 0 Å². The summed E-state index contributed by atoms with van der Waals surface area (Å²) in [7, 11) is 0. The van der Waals surface area contributed by atoms with Crippen molar-refractivity contribution in [3.05, 3.63) is 35.6 Å². The SMILES string of the molecule is CC(C)(C)c1cc(N)cc2ccc(F)c(OCF)c12. The molecule has 0 aliphatic heterocycles. The molecule has 0 aliphatic carbocycles. The highest BCUT2D eigenvalue weighted by molar-refractivity contribution is 5.94. The van der Waals surface area contributed by atoms with Crippen molar-refractivity contribution < 1.29 is 13.5 Å². The Kier molecular flexibility index (Phi) is 3.35. The number of hydrogen-bond acceptors (Lipinski definition) is 2. The molecular formula is C15H17F2NO. The minimum absolute atomic E-state index is 0.0510. The van der Waals surface area contributed by atoms with Gasteiger partial charge in [0.05, 0.1) is 0 Å². The van der Waals surface area contributed by atoms with Gasteiger partial charge in [-0.25, -0.2) is 8.78 Å². The van der Waals surface area contributed by atoms with Crippen molar-refractivity contribution in [1.82, 2.24) is 0 Å². The molecule has 2 nitrogen and oxygen atoms in total. The van der Waals surface area contributed by atoms with E-state index in [0.717, 1.165) is 10.9 Å². The number of alkyl halides is 1. The second-order valence-electron chi connectivity index (χ2n) is 5.55. The van der Waals surface area contributed by atoms with E-state index in [4.69, 9.17) is 10.5 Å². The number of fused-ring (bicyclic) bond motifs is 1. The zero-order valence-corrected chi connectivity index (χ0v) is 11.3. The topological polar surface area (TPSA) is 35.2 Å². The van der Waals surface area contributed by atoms with E-state index in [2.05, 4.69) is 0 Å². The van der Waals surface area contributed by atoms with Gasteiger partial charge < -0.3 is 10.5 Å². The van der Waals surface area contributed by atoms with Crippen LogP contribution in [0, 0.1) is 5.82 Å². The number of ether oxygens (including phenoxy) is 1. The van der Waals surface area contributed by atoms with E-state index >= 15 is 0 Å². The third kappa shape index (κ3) is 2.48. The van der Waals surface area contributed by atoms with Gasteiger partial charge in [-0.3, -0.25) is 0 Å². The number of nitrogens with two attached hydrogens (primary N) is 1. The van der Waals surface area contributed by atoms with Gasteiger partial charge in [-0.15, -0.1) is 0 Å². The fraction of sp³-hybridized carbons (Fsp3) is 0.333. The molecular weight excluding hydrogens is 248 g/mol. The summed E-state index contributed by atoms with van der Waals surface area (Å²) in [5.74, 6) is -0.620. The van der Waals surface area contributed by atoms with Crippen LogP contribution in [0.15, 0.2) is 24.3 Å². The Bertz CT molecular complexity index is 618. The highest BCUT2D eigenvalue weighted by Gasteiger charge is 2.22. The lowest BCUT2D eigenvalue weighted by Gasteiger charge is -2.23. The Balaban J connectivity index is 2.89. The average molecular weight is 265 g/mol. The van der Waals surface area contributed by atoms with E-state index in [1.807, 2.05) is 20.8 Å². The van der Waals surface area contributed by atoms with Crippen LogP contribution in [0.4, 0.5) is 14.5 Å². The molecule has 0 bridgehead atoms. The number of benzene rings is 2. The van der Waals surface area contributed by atoms with Crippen LogP contribution in [0.25, 0.3) is 10.8 Å². The van der Waals surface area contributed by atoms with Gasteiger partial charge in [0.15, 0.2) is 11.6 Å². The number of rotatable bonds is 2. The molecule has 0 fully saturated rings. The number of halogens is 2. The lowest BCUT2D eigenvalue weighted by atomic mass is 9.83. The van der Waals surface area contributed by atoms with Crippen LogP contribution in [0.1, 0.15) is 26.3 Å². The third-order valence-corrected chi connectivity index (χ3v) is 3.05. The lowest BCUT2D eigenvalue weighted by molar-refractivity contribution is 0.186. The zero-order chi connectivity index (χ0) is 14.2. The second-order valence-corrected chi connectivity index (χ2v) is 5.55. The molecule has 19 heavy (non-hydrogen) atoms. The highest BCUT2D eigenvalue weighted by atomic mass is 19.1. The Morgan fingerprint density at radius 2 is 1.89 bits per heavy atom. The van der Waals surface area contributed by atoms with E-state index in [-0.39, 0.29) is 11.2 Å². The molecule has 102 valence electrons. The first kappa shape index (κ1) is 13.6. The standard InChI is InChI=1S/C15H17F2NO/c1-15(2,3)11-7-10(18)6-9-4-5-12(17)14(13(9)11)19-8-16/h4-7H,8,18H2,1-3H3. The predicted molar refractivity (Wildman–Crippen MR) is 73.6 cm³/mol. The largest absolute Gasteiger partial charge is 0.459 e. The monoisotopic (exact) mass is 265 g/mol. The fourth-order valence-corrected chi connectivity index (χ4v) is 2.22. The molecule has 4 heteroatoms. The fourth-order valence-electron chi connectivity index (χ4n) is 2.22. The molecule has 2 aromatic rings. The van der Waals surface area contributed by atoms with Gasteiger partial charge in [0, 0.05) is 11.1 Å². The molecule has 0 aromatic heterocycles. The van der Waals surface area contributed by atoms with Crippen molar-refractivity contribution >= 4 is 16.5 Å². The summed E-state index contributed by atoms with van der Waals surface area (Å²) in [5.41, 5.74) is 7.05. The summed E-state index contributed by atoms with van der Waals surface area (Å²) in [6.07, 6.45) is 0. The van der Waals surface area contributed by atoms with Gasteiger partial charge in [-0.2, -0.15) is 0 Å². The molecule has 0 amide bonds. The first-order valence-corrected chi connectivity index (χ1v) is 6.05. The summed E-state index contributed by atoms with van der Waals surface area (Å²) >= 11 is 0. The molecule has 0 atom stereocenters. The predicted octanol–water partition coefficient (Wildman–Crippen LogP) is 4.16. The Morgan fingerprint density at radius 1 is 1.21 bits per heavy atom. The number of nitrogen functional groups attached to an aromatic ring is 1. The molecule has 0 heterocycles. The van der Waals surface area contributed by atoms with E-state index in [0.29, 0.717) is 11.1 Å². The second kappa shape index (κ2) is 4.68. The molecule has 0 saturated carbocycles. The van der Waals surface area contributed by atoms with Gasteiger partial charge in [0.2, 0.25) is 6.86 Å². The molecule has 2 aromatic carbocycles. The molecule has 0 unspecified atom stereocenters. The van der Waals surface area contributed by atoms with Crippen LogP contribution in [0.5, 0.6) is 5.75 Å². The van der Waals surface area contributed by atoms with Gasteiger partial charge in [-0.05, 0) is 34.6 Å². The van der Waals surface area contributed by atoms with Crippen molar-refractivity contribution in [2.75, 3.05) is 12.6 Å². The van der Waals surface area contributed by atoms with Crippen LogP contribution in [-0.4, -0.2) is 6.86 Å².